The van der Waals surface area contributed by atoms with Gasteiger partial charge < -0.3 is 14.6 Å². The number of hydrogen-bond donors (Lipinski definition) is 1. The lowest BCUT2D eigenvalue weighted by Gasteiger charge is -2.31. The first kappa shape index (κ1) is 8.48. The van der Waals surface area contributed by atoms with Crippen LogP contribution in [0.25, 0.3) is 0 Å². The molecule has 2 aliphatic heterocycles. The molecule has 0 bridgehead atoms. The zero-order valence-corrected chi connectivity index (χ0v) is 7.29. The number of ether oxygens (including phenoxy) is 2. The van der Waals surface area contributed by atoms with Crippen LogP contribution in [0.1, 0.15) is 25.7 Å². The van der Waals surface area contributed by atoms with E-state index in [-0.39, 0.29) is 18.3 Å². The lowest BCUT2D eigenvalue weighted by molar-refractivity contribution is -0.122. The van der Waals surface area contributed by atoms with E-state index < -0.39 is 0 Å². The van der Waals surface area contributed by atoms with Gasteiger partial charge in [0.05, 0.1) is 12.7 Å². The van der Waals surface area contributed by atoms with Crippen LogP contribution >= 0.6 is 0 Å². The maximum Gasteiger partial charge on any atom is 0.117 e. The molecule has 0 aromatic rings. The van der Waals surface area contributed by atoms with Gasteiger partial charge in [-0.2, -0.15) is 0 Å². The molecule has 70 valence electrons. The molecular weight excluding hydrogens is 156 g/mol. The summed E-state index contributed by atoms with van der Waals surface area (Å²) in [7, 11) is 0. The summed E-state index contributed by atoms with van der Waals surface area (Å²) in [6, 6.07) is 0. The van der Waals surface area contributed by atoms with Gasteiger partial charge in [-0.1, -0.05) is 0 Å². The van der Waals surface area contributed by atoms with Gasteiger partial charge in [0.1, 0.15) is 5.60 Å². The summed E-state index contributed by atoms with van der Waals surface area (Å²) in [4.78, 5) is 0. The first-order valence-electron chi connectivity index (χ1n) is 4.74. The van der Waals surface area contributed by atoms with Crippen LogP contribution in [0.15, 0.2) is 0 Å². The minimum Gasteiger partial charge on any atom is -0.393 e. The van der Waals surface area contributed by atoms with Gasteiger partial charge in [-0.15, -0.1) is 0 Å². The second-order valence-electron chi connectivity index (χ2n) is 3.68. The molecule has 0 aromatic heterocycles. The Balaban J connectivity index is 2.04. The second-order valence-corrected chi connectivity index (χ2v) is 3.68. The third kappa shape index (κ3) is 1.26. The van der Waals surface area contributed by atoms with Crippen molar-refractivity contribution in [2.75, 3.05) is 19.8 Å². The number of aliphatic hydroxyl groups is 1. The predicted molar refractivity (Wildman–Crippen MR) is 44.0 cm³/mol. The quantitative estimate of drug-likeness (QED) is 0.666. The van der Waals surface area contributed by atoms with Crippen LogP contribution < -0.4 is 0 Å². The Morgan fingerprint density at radius 1 is 1.33 bits per heavy atom. The van der Waals surface area contributed by atoms with Gasteiger partial charge in [-0.25, -0.2) is 0 Å². The van der Waals surface area contributed by atoms with Gasteiger partial charge in [0.15, 0.2) is 0 Å². The molecule has 0 amide bonds. The molecule has 0 spiro atoms. The molecule has 2 aliphatic rings. The van der Waals surface area contributed by atoms with Crippen molar-refractivity contribution < 1.29 is 14.6 Å². The summed E-state index contributed by atoms with van der Waals surface area (Å²) in [5.41, 5.74) is -0.351. The maximum atomic E-state index is 9.27. The third-order valence-electron chi connectivity index (χ3n) is 2.92. The second kappa shape index (κ2) is 3.32. The van der Waals surface area contributed by atoms with Crippen molar-refractivity contribution in [3.8, 4) is 0 Å². The minimum atomic E-state index is -0.351. The molecule has 2 rings (SSSR count). The van der Waals surface area contributed by atoms with E-state index in [0.29, 0.717) is 0 Å². The van der Waals surface area contributed by atoms with Gasteiger partial charge in [0.2, 0.25) is 0 Å². The molecule has 1 N–H and O–H groups in total. The van der Waals surface area contributed by atoms with E-state index in [1.54, 1.807) is 0 Å². The normalized spacial score (nSPS) is 42.2. The summed E-state index contributed by atoms with van der Waals surface area (Å²) >= 11 is 0. The lowest BCUT2D eigenvalue weighted by atomic mass is 9.92. The fourth-order valence-corrected chi connectivity index (χ4v) is 2.19. The van der Waals surface area contributed by atoms with E-state index in [4.69, 9.17) is 9.47 Å². The van der Waals surface area contributed by atoms with Crippen LogP contribution in [0.4, 0.5) is 0 Å². The van der Waals surface area contributed by atoms with Gasteiger partial charge in [-0.05, 0) is 25.7 Å². The molecular formula is C9H16O3. The Hall–Kier alpha value is -0.120. The molecule has 2 fully saturated rings. The molecule has 3 nitrogen and oxygen atoms in total. The standard InChI is InChI=1S/C9H16O3/c10-7-9(4-2-6-12-9)8-3-1-5-11-8/h8,10H,1-7H2. The van der Waals surface area contributed by atoms with Crippen LogP contribution in [0.5, 0.6) is 0 Å². The summed E-state index contributed by atoms with van der Waals surface area (Å²) < 4.78 is 11.1. The molecule has 2 heterocycles. The van der Waals surface area contributed by atoms with Gasteiger partial charge >= 0.3 is 0 Å². The number of hydrogen-bond acceptors (Lipinski definition) is 3. The predicted octanol–water partition coefficient (Wildman–Crippen LogP) is 0.707. The van der Waals surface area contributed by atoms with Crippen LogP contribution in [-0.4, -0.2) is 36.6 Å². The highest BCUT2D eigenvalue weighted by Gasteiger charge is 2.44. The van der Waals surface area contributed by atoms with E-state index in [9.17, 15) is 5.11 Å². The molecule has 12 heavy (non-hydrogen) atoms. The SMILES string of the molecule is OCC1(C2CCCO2)CCCO1. The lowest BCUT2D eigenvalue weighted by Crippen LogP contribution is -2.44. The van der Waals surface area contributed by atoms with Crippen LogP contribution in [-0.2, 0) is 9.47 Å². The third-order valence-corrected chi connectivity index (χ3v) is 2.92. The van der Waals surface area contributed by atoms with E-state index in [2.05, 4.69) is 0 Å². The van der Waals surface area contributed by atoms with Gasteiger partial charge in [0.25, 0.3) is 0 Å². The van der Waals surface area contributed by atoms with Crippen molar-refractivity contribution >= 4 is 0 Å². The van der Waals surface area contributed by atoms with Gasteiger partial charge in [-0.3, -0.25) is 0 Å². The first-order valence-corrected chi connectivity index (χ1v) is 4.74. The van der Waals surface area contributed by atoms with Crippen LogP contribution in [0, 0.1) is 0 Å². The van der Waals surface area contributed by atoms with Crippen molar-refractivity contribution in [2.45, 2.75) is 37.4 Å². The van der Waals surface area contributed by atoms with E-state index >= 15 is 0 Å². The van der Waals surface area contributed by atoms with Crippen molar-refractivity contribution in [2.24, 2.45) is 0 Å². The largest absolute Gasteiger partial charge is 0.393 e. The number of aliphatic hydroxyl groups excluding tert-OH is 1. The molecule has 2 saturated heterocycles. The van der Waals surface area contributed by atoms with Crippen molar-refractivity contribution in [3.63, 3.8) is 0 Å². The Kier molecular flexibility index (Phi) is 2.35. The fourth-order valence-electron chi connectivity index (χ4n) is 2.19. The summed E-state index contributed by atoms with van der Waals surface area (Å²) in [6.07, 6.45) is 4.30. The highest BCUT2D eigenvalue weighted by molar-refractivity contribution is 4.94. The van der Waals surface area contributed by atoms with Crippen LogP contribution in [0.2, 0.25) is 0 Å². The fraction of sp³-hybridized carbons (Fsp3) is 1.00. The molecule has 2 atom stereocenters. The molecule has 0 saturated carbocycles. The van der Waals surface area contributed by atoms with Crippen molar-refractivity contribution in [1.29, 1.82) is 0 Å². The average molecular weight is 172 g/mol. The van der Waals surface area contributed by atoms with E-state index in [1.165, 1.54) is 0 Å². The van der Waals surface area contributed by atoms with Gasteiger partial charge in [0, 0.05) is 13.2 Å². The Bertz CT molecular complexity index is 146. The highest BCUT2D eigenvalue weighted by atomic mass is 16.6. The molecule has 0 aromatic carbocycles. The average Bonchev–Trinajstić information content (AvgIpc) is 2.76. The first-order chi connectivity index (χ1) is 5.87. The summed E-state index contributed by atoms with van der Waals surface area (Å²) in [6.45, 7) is 1.72. The molecule has 2 unspecified atom stereocenters. The Labute approximate surface area is 72.7 Å². The smallest absolute Gasteiger partial charge is 0.117 e. The topological polar surface area (TPSA) is 38.7 Å². The molecule has 3 heteroatoms. The summed E-state index contributed by atoms with van der Waals surface area (Å²) in [5.74, 6) is 0. The molecule has 0 aliphatic carbocycles. The monoisotopic (exact) mass is 172 g/mol. The summed E-state index contributed by atoms with van der Waals surface area (Å²) in [5, 5.41) is 9.27. The van der Waals surface area contributed by atoms with E-state index in [0.717, 1.165) is 38.9 Å². The van der Waals surface area contributed by atoms with E-state index in [1.807, 2.05) is 0 Å². The minimum absolute atomic E-state index is 0.109. The highest BCUT2D eigenvalue weighted by Crippen LogP contribution is 2.35. The number of rotatable bonds is 2. The van der Waals surface area contributed by atoms with Crippen molar-refractivity contribution in [3.05, 3.63) is 0 Å². The van der Waals surface area contributed by atoms with Crippen molar-refractivity contribution in [1.82, 2.24) is 0 Å². The zero-order valence-electron chi connectivity index (χ0n) is 7.29. The molecule has 0 radical (unpaired) electrons. The maximum absolute atomic E-state index is 9.27. The Morgan fingerprint density at radius 2 is 2.25 bits per heavy atom. The Morgan fingerprint density at radius 3 is 2.75 bits per heavy atom. The zero-order chi connectivity index (χ0) is 8.44. The van der Waals surface area contributed by atoms with Crippen LogP contribution in [0.3, 0.4) is 0 Å².